The van der Waals surface area contributed by atoms with Crippen LogP contribution in [0.1, 0.15) is 38.2 Å². The molecule has 0 saturated heterocycles. The number of aromatic nitrogens is 2. The summed E-state index contributed by atoms with van der Waals surface area (Å²) in [6.07, 6.45) is 6.58. The summed E-state index contributed by atoms with van der Waals surface area (Å²) in [5.41, 5.74) is -0.286. The molecule has 0 spiro atoms. The molecular formula is C14H22N4O3. The molecule has 1 aliphatic rings. The maximum atomic E-state index is 12.0. The molecule has 0 aromatic carbocycles. The lowest BCUT2D eigenvalue weighted by Gasteiger charge is -2.39. The fourth-order valence-electron chi connectivity index (χ4n) is 2.90. The minimum absolute atomic E-state index is 0.0760. The third kappa shape index (κ3) is 3.34. The summed E-state index contributed by atoms with van der Waals surface area (Å²) in [6, 6.07) is -0.449. The summed E-state index contributed by atoms with van der Waals surface area (Å²) < 4.78 is 1.65. The van der Waals surface area contributed by atoms with Crippen LogP contribution in [0, 0.1) is 5.92 Å². The van der Waals surface area contributed by atoms with Crippen LogP contribution < -0.4 is 10.6 Å². The quantitative estimate of drug-likeness (QED) is 0.778. The van der Waals surface area contributed by atoms with Crippen molar-refractivity contribution in [1.82, 2.24) is 20.4 Å². The van der Waals surface area contributed by atoms with Crippen LogP contribution in [0.4, 0.5) is 4.79 Å². The Labute approximate surface area is 123 Å². The van der Waals surface area contributed by atoms with Gasteiger partial charge in [-0.05, 0) is 18.8 Å². The summed E-state index contributed by atoms with van der Waals surface area (Å²) in [5.74, 6) is -1.03. The molecular weight excluding hydrogens is 272 g/mol. The Balaban J connectivity index is 1.97. The van der Waals surface area contributed by atoms with E-state index < -0.39 is 17.5 Å². The number of rotatable bonds is 4. The maximum absolute atomic E-state index is 12.0. The number of carboxylic acid groups (broad SMARTS) is 1. The van der Waals surface area contributed by atoms with Crippen LogP contribution in [-0.4, -0.2) is 32.4 Å². The zero-order valence-corrected chi connectivity index (χ0v) is 12.4. The molecule has 2 amide bonds. The normalized spacial score (nSPS) is 25.3. The van der Waals surface area contributed by atoms with Gasteiger partial charge in [0.05, 0.1) is 6.20 Å². The predicted octanol–water partition coefficient (Wildman–Crippen LogP) is 1.25. The van der Waals surface area contributed by atoms with Gasteiger partial charge < -0.3 is 15.7 Å². The van der Waals surface area contributed by atoms with Crippen LogP contribution >= 0.6 is 0 Å². The van der Waals surface area contributed by atoms with Crippen LogP contribution in [-0.2, 0) is 18.4 Å². The number of carbonyl (C=O) groups excluding carboxylic acids is 1. The van der Waals surface area contributed by atoms with Gasteiger partial charge in [-0.25, -0.2) is 9.59 Å². The Kier molecular flexibility index (Phi) is 4.50. The first-order valence-corrected chi connectivity index (χ1v) is 7.21. The Hall–Kier alpha value is -2.05. The van der Waals surface area contributed by atoms with E-state index >= 15 is 0 Å². The van der Waals surface area contributed by atoms with E-state index in [1.54, 1.807) is 24.1 Å². The van der Waals surface area contributed by atoms with Crippen molar-refractivity contribution in [3.05, 3.63) is 18.0 Å². The number of carbonyl (C=O) groups is 2. The van der Waals surface area contributed by atoms with Gasteiger partial charge in [-0.3, -0.25) is 4.68 Å². The summed E-state index contributed by atoms with van der Waals surface area (Å²) in [6.45, 7) is 2.21. The minimum atomic E-state index is -1.16. The number of nitrogens with one attached hydrogen (secondary N) is 2. The van der Waals surface area contributed by atoms with Gasteiger partial charge in [-0.1, -0.05) is 19.8 Å². The Morgan fingerprint density at radius 3 is 2.86 bits per heavy atom. The van der Waals surface area contributed by atoms with Gasteiger partial charge in [-0.15, -0.1) is 0 Å². The highest BCUT2D eigenvalue weighted by Crippen LogP contribution is 2.33. The van der Waals surface area contributed by atoms with Gasteiger partial charge in [0, 0.05) is 25.4 Å². The lowest BCUT2D eigenvalue weighted by atomic mass is 9.73. The summed E-state index contributed by atoms with van der Waals surface area (Å²) in [5, 5.41) is 18.9. The van der Waals surface area contributed by atoms with E-state index in [9.17, 15) is 14.7 Å². The zero-order valence-electron chi connectivity index (χ0n) is 12.4. The van der Waals surface area contributed by atoms with Crippen molar-refractivity contribution in [2.75, 3.05) is 0 Å². The van der Waals surface area contributed by atoms with Gasteiger partial charge >= 0.3 is 12.0 Å². The highest BCUT2D eigenvalue weighted by Gasteiger charge is 2.46. The molecule has 116 valence electrons. The molecule has 7 heteroatoms. The standard InChI is InChI=1S/C14H22N4O3/c1-10-5-3-4-6-14(10,12(19)20)17-13(21)15-7-11-8-16-18(2)9-11/h8-10H,3-7H2,1-2H3,(H,19,20)(H2,15,17,21). The van der Waals surface area contributed by atoms with Gasteiger partial charge in [0.1, 0.15) is 5.54 Å². The van der Waals surface area contributed by atoms with Gasteiger partial charge in [0.2, 0.25) is 0 Å². The first-order valence-electron chi connectivity index (χ1n) is 7.21. The number of nitrogens with zero attached hydrogens (tertiary/aromatic N) is 2. The number of aliphatic carboxylic acids is 1. The SMILES string of the molecule is CC1CCCCC1(NC(=O)NCc1cnn(C)c1)C(=O)O. The second-order valence-corrected chi connectivity index (χ2v) is 5.75. The first kappa shape index (κ1) is 15.3. The lowest BCUT2D eigenvalue weighted by Crippen LogP contribution is -2.61. The van der Waals surface area contributed by atoms with Crippen LogP contribution in [0.5, 0.6) is 0 Å². The van der Waals surface area contributed by atoms with E-state index in [2.05, 4.69) is 15.7 Å². The average Bonchev–Trinajstić information content (AvgIpc) is 2.85. The van der Waals surface area contributed by atoms with E-state index in [-0.39, 0.29) is 5.92 Å². The van der Waals surface area contributed by atoms with Crippen molar-refractivity contribution in [3.63, 3.8) is 0 Å². The van der Waals surface area contributed by atoms with Crippen molar-refractivity contribution in [3.8, 4) is 0 Å². The third-order valence-electron chi connectivity index (χ3n) is 4.23. The molecule has 1 fully saturated rings. The molecule has 1 aliphatic carbocycles. The zero-order chi connectivity index (χ0) is 15.5. The molecule has 0 aliphatic heterocycles. The summed E-state index contributed by atoms with van der Waals surface area (Å²) >= 11 is 0. The number of hydrogen-bond acceptors (Lipinski definition) is 3. The highest BCUT2D eigenvalue weighted by molar-refractivity contribution is 5.86. The average molecular weight is 294 g/mol. The molecule has 1 saturated carbocycles. The van der Waals surface area contributed by atoms with Gasteiger partial charge in [0.15, 0.2) is 0 Å². The molecule has 0 radical (unpaired) electrons. The molecule has 21 heavy (non-hydrogen) atoms. The predicted molar refractivity (Wildman–Crippen MR) is 76.6 cm³/mol. The smallest absolute Gasteiger partial charge is 0.329 e. The van der Waals surface area contributed by atoms with Crippen molar-refractivity contribution in [2.45, 2.75) is 44.7 Å². The topological polar surface area (TPSA) is 96.3 Å². The van der Waals surface area contributed by atoms with Gasteiger partial charge in [0.25, 0.3) is 0 Å². The van der Waals surface area contributed by atoms with Crippen molar-refractivity contribution < 1.29 is 14.7 Å². The third-order valence-corrected chi connectivity index (χ3v) is 4.23. The molecule has 1 heterocycles. The fraction of sp³-hybridized carbons (Fsp3) is 0.643. The van der Waals surface area contributed by atoms with Crippen LogP contribution in [0.2, 0.25) is 0 Å². The highest BCUT2D eigenvalue weighted by atomic mass is 16.4. The van der Waals surface area contributed by atoms with Crippen molar-refractivity contribution >= 4 is 12.0 Å². The second kappa shape index (κ2) is 6.15. The maximum Gasteiger partial charge on any atom is 0.329 e. The molecule has 1 aromatic rings. The molecule has 2 unspecified atom stereocenters. The van der Waals surface area contributed by atoms with Crippen molar-refractivity contribution in [1.29, 1.82) is 0 Å². The molecule has 2 rings (SSSR count). The Bertz CT molecular complexity index is 528. The van der Waals surface area contributed by atoms with Gasteiger partial charge in [-0.2, -0.15) is 5.10 Å². The second-order valence-electron chi connectivity index (χ2n) is 5.75. The number of amides is 2. The lowest BCUT2D eigenvalue weighted by molar-refractivity contribution is -0.148. The van der Waals surface area contributed by atoms with Crippen LogP contribution in [0.25, 0.3) is 0 Å². The molecule has 3 N–H and O–H groups in total. The Morgan fingerprint density at radius 1 is 1.52 bits per heavy atom. The van der Waals surface area contributed by atoms with Crippen LogP contribution in [0.15, 0.2) is 12.4 Å². The minimum Gasteiger partial charge on any atom is -0.479 e. The molecule has 7 nitrogen and oxygen atoms in total. The Morgan fingerprint density at radius 2 is 2.29 bits per heavy atom. The monoisotopic (exact) mass is 294 g/mol. The van der Waals surface area contributed by atoms with E-state index in [1.165, 1.54) is 0 Å². The number of urea groups is 1. The molecule has 1 aromatic heterocycles. The van der Waals surface area contributed by atoms with E-state index in [0.29, 0.717) is 13.0 Å². The molecule has 0 bridgehead atoms. The van der Waals surface area contributed by atoms with E-state index in [1.807, 2.05) is 6.92 Å². The number of aryl methyl sites for hydroxylation is 1. The largest absolute Gasteiger partial charge is 0.479 e. The van der Waals surface area contributed by atoms with Crippen LogP contribution in [0.3, 0.4) is 0 Å². The summed E-state index contributed by atoms with van der Waals surface area (Å²) in [7, 11) is 1.80. The fourth-order valence-corrected chi connectivity index (χ4v) is 2.90. The van der Waals surface area contributed by atoms with Crippen molar-refractivity contribution in [2.24, 2.45) is 13.0 Å². The summed E-state index contributed by atoms with van der Waals surface area (Å²) in [4.78, 5) is 23.7. The number of carboxylic acids is 1. The number of hydrogen-bond donors (Lipinski definition) is 3. The molecule has 2 atom stereocenters. The van der Waals surface area contributed by atoms with E-state index in [0.717, 1.165) is 24.8 Å². The van der Waals surface area contributed by atoms with E-state index in [4.69, 9.17) is 0 Å². The first-order chi connectivity index (χ1) is 9.94.